The molecule has 2 atom stereocenters. The van der Waals surface area contributed by atoms with Crippen molar-refractivity contribution >= 4 is 24.3 Å². The molecule has 6 heteroatoms. The van der Waals surface area contributed by atoms with Crippen LogP contribution in [0.5, 0.6) is 0 Å². The monoisotopic (exact) mass is 345 g/mol. The van der Waals surface area contributed by atoms with E-state index in [9.17, 15) is 9.59 Å². The van der Waals surface area contributed by atoms with E-state index in [0.717, 1.165) is 32.2 Å². The van der Waals surface area contributed by atoms with Gasteiger partial charge in [0.25, 0.3) is 0 Å². The minimum atomic E-state index is -0.411. The van der Waals surface area contributed by atoms with Crippen molar-refractivity contribution in [3.63, 3.8) is 0 Å². The number of carbonyl (C=O) groups is 2. The average molecular weight is 346 g/mol. The zero-order valence-corrected chi connectivity index (χ0v) is 15.1. The Kier molecular flexibility index (Phi) is 5.31. The molecule has 5 nitrogen and oxygen atoms in total. The van der Waals surface area contributed by atoms with Gasteiger partial charge in [0.05, 0.1) is 5.41 Å². The fraction of sp³-hybridized carbons (Fsp3) is 0.882. The molecule has 132 valence electrons. The highest BCUT2D eigenvalue weighted by atomic mass is 35.5. The van der Waals surface area contributed by atoms with Gasteiger partial charge in [-0.1, -0.05) is 0 Å². The van der Waals surface area contributed by atoms with Crippen LogP contribution in [0.2, 0.25) is 0 Å². The standard InChI is InChI=1S/C17H27NO4.ClH/c1-12(19)22-17-9-13-6-14(10-17)8-16(7-13,11-17)15(20)21-5-4-18(2)3;/h13-14H,4-11H2,1-3H3;1H. The second-order valence-electron chi connectivity index (χ2n) is 7.96. The van der Waals surface area contributed by atoms with E-state index >= 15 is 0 Å². The maximum Gasteiger partial charge on any atom is 0.312 e. The van der Waals surface area contributed by atoms with Crippen molar-refractivity contribution in [2.75, 3.05) is 27.2 Å². The minimum absolute atomic E-state index is 0. The van der Waals surface area contributed by atoms with Crippen molar-refractivity contribution < 1.29 is 19.1 Å². The topological polar surface area (TPSA) is 55.8 Å². The van der Waals surface area contributed by atoms with E-state index in [2.05, 4.69) is 0 Å². The highest BCUT2D eigenvalue weighted by Gasteiger charge is 2.62. The highest BCUT2D eigenvalue weighted by Crippen LogP contribution is 2.63. The third kappa shape index (κ3) is 3.66. The van der Waals surface area contributed by atoms with Gasteiger partial charge in [-0.2, -0.15) is 0 Å². The quantitative estimate of drug-likeness (QED) is 0.716. The van der Waals surface area contributed by atoms with Crippen molar-refractivity contribution in [3.8, 4) is 0 Å². The Hall–Kier alpha value is -0.810. The third-order valence-electron chi connectivity index (χ3n) is 5.57. The molecule has 0 N–H and O–H groups in total. The summed E-state index contributed by atoms with van der Waals surface area (Å²) in [6.45, 7) is 2.65. The average Bonchev–Trinajstić information content (AvgIpc) is 2.34. The second kappa shape index (κ2) is 6.60. The van der Waals surface area contributed by atoms with Gasteiger partial charge in [0, 0.05) is 19.9 Å². The normalized spacial score (nSPS) is 37.4. The molecule has 0 aliphatic heterocycles. The van der Waals surface area contributed by atoms with Crippen LogP contribution in [0.1, 0.15) is 45.4 Å². The molecule has 0 aromatic heterocycles. The molecule has 23 heavy (non-hydrogen) atoms. The Balaban J connectivity index is 0.00000192. The number of halogens is 1. The summed E-state index contributed by atoms with van der Waals surface area (Å²) in [5, 5.41) is 0. The van der Waals surface area contributed by atoms with Gasteiger partial charge in [-0.3, -0.25) is 9.59 Å². The van der Waals surface area contributed by atoms with Crippen molar-refractivity contribution in [1.29, 1.82) is 0 Å². The molecule has 4 aliphatic carbocycles. The minimum Gasteiger partial charge on any atom is -0.464 e. The molecule has 0 spiro atoms. The first-order valence-electron chi connectivity index (χ1n) is 8.34. The van der Waals surface area contributed by atoms with Crippen LogP contribution in [0.3, 0.4) is 0 Å². The van der Waals surface area contributed by atoms with E-state index < -0.39 is 11.0 Å². The predicted molar refractivity (Wildman–Crippen MR) is 88.4 cm³/mol. The lowest BCUT2D eigenvalue weighted by Crippen LogP contribution is -2.60. The smallest absolute Gasteiger partial charge is 0.312 e. The Bertz CT molecular complexity index is 465. The van der Waals surface area contributed by atoms with E-state index in [-0.39, 0.29) is 24.3 Å². The molecule has 4 bridgehead atoms. The van der Waals surface area contributed by atoms with Crippen LogP contribution in [0.25, 0.3) is 0 Å². The zero-order chi connectivity index (χ0) is 16.0. The number of ether oxygens (including phenoxy) is 2. The number of hydrogen-bond donors (Lipinski definition) is 0. The first-order chi connectivity index (χ1) is 10.3. The Morgan fingerprint density at radius 1 is 1.13 bits per heavy atom. The summed E-state index contributed by atoms with van der Waals surface area (Å²) in [6, 6.07) is 0. The van der Waals surface area contributed by atoms with Gasteiger partial charge < -0.3 is 14.4 Å². The fourth-order valence-corrected chi connectivity index (χ4v) is 5.32. The van der Waals surface area contributed by atoms with Gasteiger partial charge in [0.15, 0.2) is 0 Å². The summed E-state index contributed by atoms with van der Waals surface area (Å²) in [6.07, 6.45) is 5.51. The summed E-state index contributed by atoms with van der Waals surface area (Å²) < 4.78 is 11.3. The van der Waals surface area contributed by atoms with E-state index in [4.69, 9.17) is 9.47 Å². The second-order valence-corrected chi connectivity index (χ2v) is 7.96. The van der Waals surface area contributed by atoms with Gasteiger partial charge in [-0.05, 0) is 58.0 Å². The Morgan fingerprint density at radius 2 is 1.74 bits per heavy atom. The molecular formula is C17H28ClNO4. The molecule has 0 saturated heterocycles. The van der Waals surface area contributed by atoms with Crippen LogP contribution >= 0.6 is 12.4 Å². The highest BCUT2D eigenvalue weighted by molar-refractivity contribution is 5.85. The molecule has 0 aromatic carbocycles. The zero-order valence-electron chi connectivity index (χ0n) is 14.3. The maximum atomic E-state index is 12.7. The molecule has 4 rings (SSSR count). The lowest BCUT2D eigenvalue weighted by atomic mass is 9.48. The van der Waals surface area contributed by atoms with E-state index in [0.29, 0.717) is 24.9 Å². The number of rotatable bonds is 5. The maximum absolute atomic E-state index is 12.7. The van der Waals surface area contributed by atoms with Gasteiger partial charge >= 0.3 is 11.9 Å². The van der Waals surface area contributed by atoms with Crippen LogP contribution in [0.4, 0.5) is 0 Å². The Labute approximate surface area is 144 Å². The molecule has 0 aromatic rings. The molecule has 0 radical (unpaired) electrons. The third-order valence-corrected chi connectivity index (χ3v) is 5.57. The molecule has 0 amide bonds. The van der Waals surface area contributed by atoms with Crippen molar-refractivity contribution in [2.24, 2.45) is 17.3 Å². The molecular weight excluding hydrogens is 318 g/mol. The van der Waals surface area contributed by atoms with Crippen LogP contribution in [-0.2, 0) is 19.1 Å². The number of carbonyl (C=O) groups excluding carboxylic acids is 2. The number of likely N-dealkylation sites (N-methyl/N-ethyl adjacent to an activating group) is 1. The summed E-state index contributed by atoms with van der Waals surface area (Å²) in [7, 11) is 3.93. The number of nitrogens with zero attached hydrogens (tertiary/aromatic N) is 1. The fourth-order valence-electron chi connectivity index (χ4n) is 5.32. The van der Waals surface area contributed by atoms with Crippen molar-refractivity contribution in [1.82, 2.24) is 4.90 Å². The predicted octanol–water partition coefficient (Wildman–Crippen LogP) is 2.42. The number of esters is 2. The lowest BCUT2D eigenvalue weighted by Gasteiger charge is -2.59. The first-order valence-corrected chi connectivity index (χ1v) is 8.34. The molecule has 4 saturated carbocycles. The molecule has 2 unspecified atom stereocenters. The summed E-state index contributed by atoms with van der Waals surface area (Å²) in [5.74, 6) is 0.710. The molecule has 0 heterocycles. The van der Waals surface area contributed by atoms with Crippen LogP contribution in [-0.4, -0.2) is 49.7 Å². The lowest BCUT2D eigenvalue weighted by molar-refractivity contribution is -0.211. The van der Waals surface area contributed by atoms with Crippen LogP contribution < -0.4 is 0 Å². The van der Waals surface area contributed by atoms with Crippen molar-refractivity contribution in [3.05, 3.63) is 0 Å². The summed E-state index contributed by atoms with van der Waals surface area (Å²) in [4.78, 5) is 26.2. The van der Waals surface area contributed by atoms with Gasteiger partial charge in [-0.15, -0.1) is 12.4 Å². The van der Waals surface area contributed by atoms with Crippen LogP contribution in [0, 0.1) is 17.3 Å². The molecule has 4 fully saturated rings. The number of hydrogen-bond acceptors (Lipinski definition) is 5. The van der Waals surface area contributed by atoms with E-state index in [1.54, 1.807) is 0 Å². The van der Waals surface area contributed by atoms with Gasteiger partial charge in [0.1, 0.15) is 12.2 Å². The van der Waals surface area contributed by atoms with Crippen LogP contribution in [0.15, 0.2) is 0 Å². The van der Waals surface area contributed by atoms with E-state index in [1.165, 1.54) is 13.3 Å². The Morgan fingerprint density at radius 3 is 2.26 bits per heavy atom. The van der Waals surface area contributed by atoms with Gasteiger partial charge in [0.2, 0.25) is 0 Å². The van der Waals surface area contributed by atoms with Crippen molar-refractivity contribution in [2.45, 2.75) is 51.0 Å². The largest absolute Gasteiger partial charge is 0.464 e. The molecule has 4 aliphatic rings. The first kappa shape index (κ1) is 18.5. The summed E-state index contributed by atoms with van der Waals surface area (Å²) >= 11 is 0. The van der Waals surface area contributed by atoms with E-state index in [1.807, 2.05) is 19.0 Å². The van der Waals surface area contributed by atoms with Gasteiger partial charge in [-0.25, -0.2) is 0 Å². The summed E-state index contributed by atoms with van der Waals surface area (Å²) in [5.41, 5.74) is -0.817. The SMILES string of the molecule is CC(=O)OC12CC3CC(C1)CC(C(=O)OCCN(C)C)(C3)C2.Cl.